The molecule has 1 heterocycles. The Bertz CT molecular complexity index is 583. The first-order valence-electron chi connectivity index (χ1n) is 6.80. The maximum atomic E-state index is 13.4. The molecule has 0 saturated carbocycles. The minimum absolute atomic E-state index is 0.233. The molecule has 0 saturated heterocycles. The Morgan fingerprint density at radius 1 is 1.35 bits per heavy atom. The van der Waals surface area contributed by atoms with Crippen molar-refractivity contribution in [1.82, 2.24) is 10.3 Å². The number of nitrogens with zero attached hydrogens (tertiary/aromatic N) is 1. The second-order valence-corrected chi connectivity index (χ2v) is 6.48. The lowest BCUT2D eigenvalue weighted by Crippen LogP contribution is -2.11. The third-order valence-electron chi connectivity index (χ3n) is 2.96. The second kappa shape index (κ2) is 7.29. The van der Waals surface area contributed by atoms with Crippen LogP contribution in [0.5, 0.6) is 0 Å². The van der Waals surface area contributed by atoms with Crippen molar-refractivity contribution < 1.29 is 4.39 Å². The molecule has 2 aromatic rings. The number of thiazole rings is 1. The summed E-state index contributed by atoms with van der Waals surface area (Å²) in [6.07, 6.45) is 2.02. The van der Waals surface area contributed by atoms with Gasteiger partial charge in [0.25, 0.3) is 0 Å². The molecule has 2 rings (SSSR count). The Morgan fingerprint density at radius 3 is 2.85 bits per heavy atom. The molecule has 108 valence electrons. The van der Waals surface area contributed by atoms with Crippen molar-refractivity contribution in [1.29, 1.82) is 0 Å². The van der Waals surface area contributed by atoms with Crippen LogP contribution in [-0.2, 0) is 13.0 Å². The number of aryl methyl sites for hydroxylation is 1. The molecule has 0 aliphatic heterocycles. The van der Waals surface area contributed by atoms with Crippen LogP contribution in [0.15, 0.2) is 22.7 Å². The minimum Gasteiger partial charge on any atom is -0.312 e. The van der Waals surface area contributed by atoms with Crippen molar-refractivity contribution in [2.24, 2.45) is 0 Å². The molecule has 0 fully saturated rings. The number of nitrogens with one attached hydrogen (secondary N) is 1. The number of rotatable bonds is 6. The van der Waals surface area contributed by atoms with Crippen molar-refractivity contribution >= 4 is 27.3 Å². The predicted octanol–water partition coefficient (Wildman–Crippen LogP) is 4.77. The van der Waals surface area contributed by atoms with Crippen LogP contribution in [0, 0.1) is 5.82 Å². The molecule has 2 nitrogen and oxygen atoms in total. The van der Waals surface area contributed by atoms with Crippen molar-refractivity contribution in [2.45, 2.75) is 33.2 Å². The van der Waals surface area contributed by atoms with Crippen molar-refractivity contribution in [3.05, 3.63) is 39.1 Å². The molecule has 0 aliphatic carbocycles. The molecule has 0 amide bonds. The zero-order chi connectivity index (χ0) is 14.5. The van der Waals surface area contributed by atoms with Gasteiger partial charge in [-0.05, 0) is 31.2 Å². The smallest absolute Gasteiger partial charge is 0.125 e. The summed E-state index contributed by atoms with van der Waals surface area (Å²) in [5.41, 5.74) is 1.96. The first-order chi connectivity index (χ1) is 9.65. The van der Waals surface area contributed by atoms with Crippen LogP contribution < -0.4 is 5.32 Å². The Labute approximate surface area is 131 Å². The van der Waals surface area contributed by atoms with E-state index in [4.69, 9.17) is 4.98 Å². The molecule has 0 unspecified atom stereocenters. The van der Waals surface area contributed by atoms with Gasteiger partial charge in [-0.25, -0.2) is 9.37 Å². The fourth-order valence-corrected chi connectivity index (χ4v) is 3.64. The zero-order valence-electron chi connectivity index (χ0n) is 11.7. The van der Waals surface area contributed by atoms with E-state index in [-0.39, 0.29) is 5.82 Å². The summed E-state index contributed by atoms with van der Waals surface area (Å²) < 4.78 is 14.3. The number of aromatic nitrogens is 1. The van der Waals surface area contributed by atoms with E-state index in [1.807, 2.05) is 0 Å². The summed E-state index contributed by atoms with van der Waals surface area (Å²) in [7, 11) is 0. The monoisotopic (exact) mass is 356 g/mol. The van der Waals surface area contributed by atoms with Crippen molar-refractivity contribution in [3.8, 4) is 10.6 Å². The Kier molecular flexibility index (Phi) is 5.69. The second-order valence-electron chi connectivity index (χ2n) is 4.54. The fourth-order valence-electron chi connectivity index (χ4n) is 1.97. The molecule has 1 aromatic heterocycles. The molecule has 0 atom stereocenters. The molecule has 5 heteroatoms. The van der Waals surface area contributed by atoms with Crippen LogP contribution in [0.25, 0.3) is 10.6 Å². The maximum absolute atomic E-state index is 13.4. The standard InChI is InChI=1S/C15H18BrFN2S/c1-3-5-13-14(9-18-4-2)20-15(19-13)11-8-10(17)6-7-12(11)16/h6-8,18H,3-5,9H2,1-2H3. The lowest BCUT2D eigenvalue weighted by Gasteiger charge is -2.00. The molecule has 0 bridgehead atoms. The van der Waals surface area contributed by atoms with Crippen molar-refractivity contribution in [3.63, 3.8) is 0 Å². The molecular formula is C15H18BrFN2S. The van der Waals surface area contributed by atoms with Crippen LogP contribution >= 0.6 is 27.3 Å². The number of benzene rings is 1. The van der Waals surface area contributed by atoms with Gasteiger partial charge in [0.15, 0.2) is 0 Å². The molecule has 1 aromatic carbocycles. The molecule has 0 spiro atoms. The largest absolute Gasteiger partial charge is 0.312 e. The summed E-state index contributed by atoms with van der Waals surface area (Å²) in [5, 5.41) is 4.22. The van der Waals surface area contributed by atoms with Gasteiger partial charge in [0.2, 0.25) is 0 Å². The Hall–Kier alpha value is -0.780. The molecular weight excluding hydrogens is 339 g/mol. The first-order valence-corrected chi connectivity index (χ1v) is 8.41. The lowest BCUT2D eigenvalue weighted by atomic mass is 10.2. The van der Waals surface area contributed by atoms with Crippen LogP contribution in [-0.4, -0.2) is 11.5 Å². The summed E-state index contributed by atoms with van der Waals surface area (Å²) in [5.74, 6) is -0.233. The summed E-state index contributed by atoms with van der Waals surface area (Å²) in [6.45, 7) is 6.00. The van der Waals surface area contributed by atoms with Gasteiger partial charge in [0, 0.05) is 21.5 Å². The van der Waals surface area contributed by atoms with Crippen LogP contribution in [0.1, 0.15) is 30.8 Å². The van der Waals surface area contributed by atoms with E-state index in [0.29, 0.717) is 0 Å². The molecule has 20 heavy (non-hydrogen) atoms. The highest BCUT2D eigenvalue weighted by Crippen LogP contribution is 2.34. The first kappa shape index (κ1) is 15.6. The highest BCUT2D eigenvalue weighted by molar-refractivity contribution is 9.10. The average molecular weight is 357 g/mol. The van der Waals surface area contributed by atoms with E-state index in [9.17, 15) is 4.39 Å². The van der Waals surface area contributed by atoms with E-state index in [1.54, 1.807) is 17.4 Å². The normalized spacial score (nSPS) is 11.0. The van der Waals surface area contributed by atoms with Crippen molar-refractivity contribution in [2.75, 3.05) is 6.54 Å². The number of hydrogen-bond donors (Lipinski definition) is 1. The topological polar surface area (TPSA) is 24.9 Å². The summed E-state index contributed by atoms with van der Waals surface area (Å²) >= 11 is 5.12. The molecule has 0 aliphatic rings. The summed E-state index contributed by atoms with van der Waals surface area (Å²) in [4.78, 5) is 5.96. The van der Waals surface area contributed by atoms with E-state index < -0.39 is 0 Å². The van der Waals surface area contributed by atoms with E-state index in [0.717, 1.165) is 46.7 Å². The Balaban J connectivity index is 2.38. The fraction of sp³-hybridized carbons (Fsp3) is 0.400. The summed E-state index contributed by atoms with van der Waals surface area (Å²) in [6, 6.07) is 4.72. The van der Waals surface area contributed by atoms with Gasteiger partial charge in [-0.15, -0.1) is 11.3 Å². The van der Waals surface area contributed by atoms with Crippen LogP contribution in [0.2, 0.25) is 0 Å². The predicted molar refractivity (Wildman–Crippen MR) is 86.6 cm³/mol. The number of halogens is 2. The number of hydrogen-bond acceptors (Lipinski definition) is 3. The maximum Gasteiger partial charge on any atom is 0.125 e. The minimum atomic E-state index is -0.233. The Morgan fingerprint density at radius 2 is 2.15 bits per heavy atom. The van der Waals surface area contributed by atoms with Crippen LogP contribution in [0.4, 0.5) is 4.39 Å². The molecule has 1 N–H and O–H groups in total. The average Bonchev–Trinajstić information content (AvgIpc) is 2.82. The lowest BCUT2D eigenvalue weighted by molar-refractivity contribution is 0.628. The zero-order valence-corrected chi connectivity index (χ0v) is 14.1. The van der Waals surface area contributed by atoms with Gasteiger partial charge in [-0.1, -0.05) is 36.2 Å². The van der Waals surface area contributed by atoms with Crippen LogP contribution in [0.3, 0.4) is 0 Å². The highest BCUT2D eigenvalue weighted by Gasteiger charge is 2.14. The highest BCUT2D eigenvalue weighted by atomic mass is 79.9. The third-order valence-corrected chi connectivity index (χ3v) is 4.78. The van der Waals surface area contributed by atoms with Gasteiger partial charge in [-0.3, -0.25) is 0 Å². The van der Waals surface area contributed by atoms with E-state index >= 15 is 0 Å². The van der Waals surface area contributed by atoms with Gasteiger partial charge in [-0.2, -0.15) is 0 Å². The van der Waals surface area contributed by atoms with Gasteiger partial charge >= 0.3 is 0 Å². The van der Waals surface area contributed by atoms with Gasteiger partial charge in [0.05, 0.1) is 5.69 Å². The van der Waals surface area contributed by atoms with E-state index in [1.165, 1.54) is 17.0 Å². The van der Waals surface area contributed by atoms with E-state index in [2.05, 4.69) is 35.1 Å². The molecule has 0 radical (unpaired) electrons. The SMILES string of the molecule is CCCc1nc(-c2cc(F)ccc2Br)sc1CNCC. The van der Waals surface area contributed by atoms with Gasteiger partial charge < -0.3 is 5.32 Å². The van der Waals surface area contributed by atoms with Gasteiger partial charge in [0.1, 0.15) is 10.8 Å². The quantitative estimate of drug-likeness (QED) is 0.805. The third kappa shape index (κ3) is 3.65.